The Bertz CT molecular complexity index is 1220. The van der Waals surface area contributed by atoms with Gasteiger partial charge in [-0.3, -0.25) is 9.78 Å². The quantitative estimate of drug-likeness (QED) is 0.489. The summed E-state index contributed by atoms with van der Waals surface area (Å²) >= 11 is 0. The van der Waals surface area contributed by atoms with Crippen molar-refractivity contribution in [3.8, 4) is 23.1 Å². The number of fused-ring (bicyclic) bond motifs is 1. The van der Waals surface area contributed by atoms with Crippen LogP contribution in [0.2, 0.25) is 0 Å². The fourth-order valence-corrected chi connectivity index (χ4v) is 3.24. The van der Waals surface area contributed by atoms with Gasteiger partial charge in [-0.1, -0.05) is 18.2 Å². The molecule has 0 atom stereocenters. The number of aromatic amines is 1. The van der Waals surface area contributed by atoms with E-state index in [1.54, 1.807) is 48.8 Å². The molecule has 6 nitrogen and oxygen atoms in total. The fourth-order valence-electron chi connectivity index (χ4n) is 3.24. The van der Waals surface area contributed by atoms with Crippen molar-refractivity contribution in [3.05, 3.63) is 83.7 Å². The zero-order chi connectivity index (χ0) is 20.2. The van der Waals surface area contributed by atoms with Crippen molar-refractivity contribution < 1.29 is 9.90 Å². The highest BCUT2D eigenvalue weighted by molar-refractivity contribution is 5.94. The number of hydrogen-bond acceptors (Lipinski definition) is 4. The number of aromatic nitrogens is 2. The number of aromatic hydroxyl groups is 1. The number of amides is 1. The van der Waals surface area contributed by atoms with Crippen LogP contribution < -0.4 is 5.32 Å². The molecule has 3 N–H and O–H groups in total. The SMILES string of the molecule is N#Cc1c[nH]c2ccc(CCNC(=O)c3ccc(-c4ncccc4O)cc3)cc12. The topological polar surface area (TPSA) is 102 Å². The summed E-state index contributed by atoms with van der Waals surface area (Å²) in [5, 5.41) is 22.8. The van der Waals surface area contributed by atoms with Crippen LogP contribution in [0.15, 0.2) is 67.0 Å². The van der Waals surface area contributed by atoms with E-state index in [0.29, 0.717) is 29.8 Å². The molecule has 0 radical (unpaired) electrons. The summed E-state index contributed by atoms with van der Waals surface area (Å²) in [5.41, 5.74) is 4.36. The van der Waals surface area contributed by atoms with Gasteiger partial charge in [0.25, 0.3) is 5.91 Å². The molecular weight excluding hydrogens is 364 g/mol. The van der Waals surface area contributed by atoms with Crippen molar-refractivity contribution in [3.63, 3.8) is 0 Å². The van der Waals surface area contributed by atoms with Crippen molar-refractivity contribution >= 4 is 16.8 Å². The average molecular weight is 382 g/mol. The maximum atomic E-state index is 12.4. The Balaban J connectivity index is 1.39. The molecule has 0 aliphatic carbocycles. The molecule has 0 saturated carbocycles. The maximum Gasteiger partial charge on any atom is 0.251 e. The van der Waals surface area contributed by atoms with E-state index in [4.69, 9.17) is 5.26 Å². The Labute approximate surface area is 167 Å². The van der Waals surface area contributed by atoms with E-state index in [9.17, 15) is 9.90 Å². The van der Waals surface area contributed by atoms with Crippen LogP contribution in [0, 0.1) is 11.3 Å². The lowest BCUT2D eigenvalue weighted by Crippen LogP contribution is -2.25. The molecule has 0 aliphatic heterocycles. The van der Waals surface area contributed by atoms with Crippen LogP contribution in [0.1, 0.15) is 21.5 Å². The first-order chi connectivity index (χ1) is 14.2. The number of nitrogens with one attached hydrogen (secondary N) is 2. The van der Waals surface area contributed by atoms with E-state index in [0.717, 1.165) is 22.0 Å². The van der Waals surface area contributed by atoms with Crippen LogP contribution in [0.3, 0.4) is 0 Å². The Morgan fingerprint density at radius 3 is 2.76 bits per heavy atom. The average Bonchev–Trinajstić information content (AvgIpc) is 3.16. The van der Waals surface area contributed by atoms with Crippen LogP contribution in [-0.2, 0) is 6.42 Å². The summed E-state index contributed by atoms with van der Waals surface area (Å²) in [6.07, 6.45) is 3.97. The smallest absolute Gasteiger partial charge is 0.251 e. The molecule has 2 aromatic heterocycles. The van der Waals surface area contributed by atoms with E-state index >= 15 is 0 Å². The second-order valence-electron chi connectivity index (χ2n) is 6.65. The number of hydrogen-bond donors (Lipinski definition) is 3. The first-order valence-electron chi connectivity index (χ1n) is 9.18. The summed E-state index contributed by atoms with van der Waals surface area (Å²) in [6, 6.07) is 18.3. The van der Waals surface area contributed by atoms with Crippen molar-refractivity contribution in [2.75, 3.05) is 6.54 Å². The lowest BCUT2D eigenvalue weighted by atomic mass is 10.1. The van der Waals surface area contributed by atoms with Crippen LogP contribution in [0.5, 0.6) is 5.75 Å². The Morgan fingerprint density at radius 1 is 1.17 bits per heavy atom. The van der Waals surface area contributed by atoms with Crippen LogP contribution in [-0.4, -0.2) is 27.5 Å². The third-order valence-corrected chi connectivity index (χ3v) is 4.77. The summed E-state index contributed by atoms with van der Waals surface area (Å²) in [4.78, 5) is 19.6. The molecule has 0 saturated heterocycles. The van der Waals surface area contributed by atoms with Gasteiger partial charge in [-0.2, -0.15) is 5.26 Å². The molecule has 29 heavy (non-hydrogen) atoms. The van der Waals surface area contributed by atoms with Crippen molar-refractivity contribution in [2.45, 2.75) is 6.42 Å². The van der Waals surface area contributed by atoms with Gasteiger partial charge in [-0.05, 0) is 48.4 Å². The van der Waals surface area contributed by atoms with Gasteiger partial charge >= 0.3 is 0 Å². The second-order valence-corrected chi connectivity index (χ2v) is 6.65. The summed E-state index contributed by atoms with van der Waals surface area (Å²) in [7, 11) is 0. The molecule has 1 amide bonds. The second kappa shape index (κ2) is 7.87. The van der Waals surface area contributed by atoms with E-state index in [-0.39, 0.29) is 11.7 Å². The van der Waals surface area contributed by atoms with Gasteiger partial charge in [0.1, 0.15) is 17.5 Å². The lowest BCUT2D eigenvalue weighted by Gasteiger charge is -2.07. The highest BCUT2D eigenvalue weighted by atomic mass is 16.3. The van der Waals surface area contributed by atoms with Crippen LogP contribution >= 0.6 is 0 Å². The third-order valence-electron chi connectivity index (χ3n) is 4.77. The fraction of sp³-hybridized carbons (Fsp3) is 0.0870. The predicted octanol–water partition coefficient (Wildman–Crippen LogP) is 3.78. The van der Waals surface area contributed by atoms with Crippen LogP contribution in [0.4, 0.5) is 0 Å². The van der Waals surface area contributed by atoms with Gasteiger partial charge < -0.3 is 15.4 Å². The number of pyridine rings is 1. The lowest BCUT2D eigenvalue weighted by molar-refractivity contribution is 0.0954. The van der Waals surface area contributed by atoms with Gasteiger partial charge in [0.05, 0.1) is 5.56 Å². The number of carbonyl (C=O) groups excluding carboxylic acids is 1. The largest absolute Gasteiger partial charge is 0.506 e. The molecule has 0 spiro atoms. The number of carbonyl (C=O) groups is 1. The van der Waals surface area contributed by atoms with Crippen molar-refractivity contribution in [1.82, 2.24) is 15.3 Å². The molecule has 0 bridgehead atoms. The maximum absolute atomic E-state index is 12.4. The standard InChI is InChI=1S/C23H18N4O2/c24-13-18-14-27-20-8-3-15(12-19(18)20)9-11-26-23(29)17-6-4-16(5-7-17)22-21(28)2-1-10-25-22/h1-8,10,12,14,27-28H,9,11H2,(H,26,29). The van der Waals surface area contributed by atoms with Crippen LogP contribution in [0.25, 0.3) is 22.2 Å². The first-order valence-corrected chi connectivity index (χ1v) is 9.18. The van der Waals surface area contributed by atoms with E-state index in [2.05, 4.69) is 21.4 Å². The molecule has 2 heterocycles. The molecule has 142 valence electrons. The summed E-state index contributed by atoms with van der Waals surface area (Å²) in [6.45, 7) is 0.486. The zero-order valence-electron chi connectivity index (χ0n) is 15.5. The first kappa shape index (κ1) is 18.3. The van der Waals surface area contributed by atoms with E-state index in [1.165, 1.54) is 0 Å². The summed E-state index contributed by atoms with van der Waals surface area (Å²) < 4.78 is 0. The Hall–Kier alpha value is -4.11. The van der Waals surface area contributed by atoms with Gasteiger partial charge in [0.15, 0.2) is 0 Å². The normalized spacial score (nSPS) is 10.6. The molecule has 0 unspecified atom stereocenters. The van der Waals surface area contributed by atoms with Gasteiger partial charge in [-0.25, -0.2) is 0 Å². The number of H-pyrrole nitrogens is 1. The van der Waals surface area contributed by atoms with Gasteiger partial charge in [0.2, 0.25) is 0 Å². The number of nitrogens with zero attached hydrogens (tertiary/aromatic N) is 2. The zero-order valence-corrected chi connectivity index (χ0v) is 15.5. The van der Waals surface area contributed by atoms with Crippen molar-refractivity contribution in [1.29, 1.82) is 5.26 Å². The number of rotatable bonds is 5. The Morgan fingerprint density at radius 2 is 2.00 bits per heavy atom. The highest BCUT2D eigenvalue weighted by Gasteiger charge is 2.09. The number of nitriles is 1. The molecule has 6 heteroatoms. The predicted molar refractivity (Wildman–Crippen MR) is 110 cm³/mol. The van der Waals surface area contributed by atoms with Gasteiger partial charge in [-0.15, -0.1) is 0 Å². The van der Waals surface area contributed by atoms with E-state index < -0.39 is 0 Å². The molecule has 2 aromatic carbocycles. The van der Waals surface area contributed by atoms with Crippen molar-refractivity contribution in [2.24, 2.45) is 0 Å². The van der Waals surface area contributed by atoms with E-state index in [1.807, 2.05) is 18.2 Å². The highest BCUT2D eigenvalue weighted by Crippen LogP contribution is 2.26. The molecule has 0 fully saturated rings. The summed E-state index contributed by atoms with van der Waals surface area (Å²) in [5.74, 6) is -0.0640. The number of benzene rings is 2. The minimum Gasteiger partial charge on any atom is -0.506 e. The minimum absolute atomic E-state index is 0.101. The van der Waals surface area contributed by atoms with Gasteiger partial charge in [0, 0.05) is 41.0 Å². The Kier molecular flexibility index (Phi) is 4.95. The monoisotopic (exact) mass is 382 g/mol. The molecule has 0 aliphatic rings. The molecule has 4 aromatic rings. The minimum atomic E-state index is -0.165. The molecular formula is C23H18N4O2. The molecule has 4 rings (SSSR count). The third kappa shape index (κ3) is 3.80.